The third-order valence-corrected chi connectivity index (χ3v) is 5.72. The first-order valence-corrected chi connectivity index (χ1v) is 10.4. The molecule has 9 nitrogen and oxygen atoms in total. The smallest absolute Gasteiger partial charge is 0.322 e. The second-order valence-electron chi connectivity index (χ2n) is 7.96. The summed E-state index contributed by atoms with van der Waals surface area (Å²) in [6.07, 6.45) is 4.71. The van der Waals surface area contributed by atoms with Crippen molar-refractivity contribution < 1.29 is 14.4 Å². The Kier molecular flexibility index (Phi) is 8.06. The van der Waals surface area contributed by atoms with Crippen LogP contribution in [0.25, 0.3) is 0 Å². The van der Waals surface area contributed by atoms with Crippen LogP contribution >= 0.6 is 0 Å². The van der Waals surface area contributed by atoms with E-state index in [1.54, 1.807) is 4.90 Å². The highest BCUT2D eigenvalue weighted by atomic mass is 16.6. The number of piperidine rings is 1. The van der Waals surface area contributed by atoms with Crippen LogP contribution in [0.3, 0.4) is 0 Å². The Hall–Kier alpha value is -2.62. The topological polar surface area (TPSA) is 126 Å². The molecular formula is C21H32N6O3. The Balaban J connectivity index is 1.37. The van der Waals surface area contributed by atoms with Crippen molar-refractivity contribution in [2.24, 2.45) is 17.5 Å². The molecule has 1 aromatic rings. The molecule has 0 spiro atoms. The lowest BCUT2D eigenvalue weighted by atomic mass is 9.93. The third-order valence-electron chi connectivity index (χ3n) is 5.72. The number of likely N-dealkylation sites (tertiary alicyclic amines) is 1. The zero-order valence-corrected chi connectivity index (χ0v) is 17.3. The van der Waals surface area contributed by atoms with E-state index in [2.05, 4.69) is 44.6 Å². The summed E-state index contributed by atoms with van der Waals surface area (Å²) in [7, 11) is 0. The van der Waals surface area contributed by atoms with Crippen molar-refractivity contribution in [3.63, 3.8) is 0 Å². The Labute approximate surface area is 177 Å². The molecule has 0 aromatic heterocycles. The second-order valence-corrected chi connectivity index (χ2v) is 7.96. The van der Waals surface area contributed by atoms with Gasteiger partial charge in [-0.3, -0.25) is 14.5 Å². The van der Waals surface area contributed by atoms with Crippen LogP contribution in [0.5, 0.6) is 0 Å². The van der Waals surface area contributed by atoms with Crippen LogP contribution in [-0.4, -0.2) is 54.5 Å². The highest BCUT2D eigenvalue weighted by Crippen LogP contribution is 2.22. The third kappa shape index (κ3) is 6.45. The van der Waals surface area contributed by atoms with Gasteiger partial charge in [-0.15, -0.1) is 0 Å². The summed E-state index contributed by atoms with van der Waals surface area (Å²) in [5.41, 5.74) is 8.61. The zero-order valence-electron chi connectivity index (χ0n) is 17.3. The molecule has 164 valence electrons. The van der Waals surface area contributed by atoms with E-state index in [1.807, 2.05) is 0 Å². The van der Waals surface area contributed by atoms with Gasteiger partial charge < -0.3 is 21.3 Å². The predicted octanol–water partition coefficient (Wildman–Crippen LogP) is 0.621. The highest BCUT2D eigenvalue weighted by molar-refractivity contribution is 5.79. The molecule has 2 heterocycles. The molecule has 30 heavy (non-hydrogen) atoms. The van der Waals surface area contributed by atoms with Crippen molar-refractivity contribution in [1.82, 2.24) is 20.4 Å². The van der Waals surface area contributed by atoms with E-state index in [0.29, 0.717) is 25.6 Å². The molecule has 0 bridgehead atoms. The van der Waals surface area contributed by atoms with E-state index in [9.17, 15) is 9.59 Å². The predicted molar refractivity (Wildman–Crippen MR) is 113 cm³/mol. The summed E-state index contributed by atoms with van der Waals surface area (Å²) >= 11 is 0. The monoisotopic (exact) mass is 416 g/mol. The van der Waals surface area contributed by atoms with Gasteiger partial charge in [0, 0.05) is 25.8 Å². The number of hydrogen-bond donors (Lipinski definition) is 4. The van der Waals surface area contributed by atoms with Crippen LogP contribution in [0.15, 0.2) is 36.2 Å². The Morgan fingerprint density at radius 3 is 2.47 bits per heavy atom. The van der Waals surface area contributed by atoms with Crippen molar-refractivity contribution >= 4 is 11.9 Å². The molecular weight excluding hydrogens is 384 g/mol. The maximum Gasteiger partial charge on any atom is 0.322 e. The lowest BCUT2D eigenvalue weighted by Gasteiger charge is -2.32. The van der Waals surface area contributed by atoms with Crippen molar-refractivity contribution in [2.45, 2.75) is 32.4 Å². The molecule has 0 radical (unpaired) electrons. The number of nitrogens with two attached hydrogens (primary N) is 2. The summed E-state index contributed by atoms with van der Waals surface area (Å²) in [6, 6.07) is 8.36. The maximum absolute atomic E-state index is 11.9. The molecule has 0 atom stereocenters. The Morgan fingerprint density at radius 1 is 1.20 bits per heavy atom. The van der Waals surface area contributed by atoms with Gasteiger partial charge in [0.15, 0.2) is 0 Å². The minimum absolute atomic E-state index is 0.0890. The molecule has 0 aliphatic carbocycles. The van der Waals surface area contributed by atoms with Gasteiger partial charge in [-0.05, 0) is 49.4 Å². The molecule has 6 N–H and O–H groups in total. The largest absolute Gasteiger partial charge is 0.403 e. The fourth-order valence-corrected chi connectivity index (χ4v) is 3.96. The molecule has 2 fully saturated rings. The first-order chi connectivity index (χ1) is 14.6. The number of nitrogens with zero attached hydrogens (tertiary/aromatic N) is 2. The van der Waals surface area contributed by atoms with E-state index in [1.165, 1.54) is 11.8 Å². The van der Waals surface area contributed by atoms with Gasteiger partial charge in [0.1, 0.15) is 6.61 Å². The van der Waals surface area contributed by atoms with Gasteiger partial charge in [-0.25, -0.2) is 10.7 Å². The minimum Gasteiger partial charge on any atom is -0.403 e. The van der Waals surface area contributed by atoms with Crippen molar-refractivity contribution in [1.29, 1.82) is 0 Å². The van der Waals surface area contributed by atoms with Crippen molar-refractivity contribution in [2.75, 3.05) is 32.8 Å². The summed E-state index contributed by atoms with van der Waals surface area (Å²) in [6.45, 7) is 4.74. The van der Waals surface area contributed by atoms with Gasteiger partial charge in [0.2, 0.25) is 5.91 Å². The highest BCUT2D eigenvalue weighted by Gasteiger charge is 2.23. The van der Waals surface area contributed by atoms with Crippen LogP contribution in [-0.2, 0) is 22.7 Å². The Bertz CT molecular complexity index is 744. The van der Waals surface area contributed by atoms with Gasteiger partial charge in [0.25, 0.3) is 0 Å². The van der Waals surface area contributed by atoms with E-state index < -0.39 is 0 Å². The van der Waals surface area contributed by atoms with Gasteiger partial charge in [0.05, 0.1) is 12.2 Å². The molecule has 2 saturated heterocycles. The number of nitrogens with one attached hydrogen (secondary N) is 2. The molecule has 0 saturated carbocycles. The molecule has 0 unspecified atom stereocenters. The van der Waals surface area contributed by atoms with Crippen molar-refractivity contribution in [3.05, 3.63) is 47.3 Å². The normalized spacial score (nSPS) is 19.3. The summed E-state index contributed by atoms with van der Waals surface area (Å²) in [4.78, 5) is 31.8. The molecule has 1 aromatic carbocycles. The Morgan fingerprint density at radius 2 is 1.87 bits per heavy atom. The number of carbonyl (C=O) groups excluding carboxylic acids is 2. The minimum atomic E-state index is -0.167. The number of benzene rings is 1. The van der Waals surface area contributed by atoms with E-state index >= 15 is 0 Å². The number of urea groups is 1. The zero-order chi connectivity index (χ0) is 21.3. The van der Waals surface area contributed by atoms with Crippen LogP contribution in [0.2, 0.25) is 0 Å². The quantitative estimate of drug-likeness (QED) is 0.437. The van der Waals surface area contributed by atoms with Crippen LogP contribution < -0.4 is 22.3 Å². The van der Waals surface area contributed by atoms with Gasteiger partial charge in [-0.1, -0.05) is 24.3 Å². The first kappa shape index (κ1) is 22.1. The van der Waals surface area contributed by atoms with Crippen LogP contribution in [0.4, 0.5) is 4.79 Å². The van der Waals surface area contributed by atoms with Crippen LogP contribution in [0.1, 0.15) is 30.4 Å². The average Bonchev–Trinajstić information content (AvgIpc) is 3.10. The maximum atomic E-state index is 11.9. The fraction of sp³-hybridized carbons (Fsp3) is 0.524. The number of carbonyl (C=O) groups is 2. The fourth-order valence-electron chi connectivity index (χ4n) is 3.96. The average molecular weight is 417 g/mol. The molecule has 2 aliphatic rings. The second kappa shape index (κ2) is 11.0. The SMILES string of the molecule is N/C=C1/CN(Cc2ccc(CN3CCC(CCNC(=O)CON)CC3)cc2)C(=O)N1. The van der Waals surface area contributed by atoms with Crippen LogP contribution in [0, 0.1) is 5.92 Å². The van der Waals surface area contributed by atoms with Gasteiger partial charge in [-0.2, -0.15) is 0 Å². The molecule has 9 heteroatoms. The van der Waals surface area contributed by atoms with E-state index in [-0.39, 0.29) is 18.5 Å². The van der Waals surface area contributed by atoms with Gasteiger partial charge >= 0.3 is 6.03 Å². The lowest BCUT2D eigenvalue weighted by molar-refractivity contribution is -0.125. The lowest BCUT2D eigenvalue weighted by Crippen LogP contribution is -2.35. The molecule has 3 amide bonds. The summed E-state index contributed by atoms with van der Waals surface area (Å²) in [5.74, 6) is 5.37. The standard InChI is InChI=1S/C21H32N6O3/c22-11-19-14-27(21(29)25-19)13-18-3-1-17(2-4-18)12-26-9-6-16(7-10-26)5-8-24-20(28)15-30-23/h1-4,11,16H,5-10,12-15,22-23H2,(H,24,28)(H,25,29)/b19-11-. The number of amides is 3. The number of hydrogen-bond acceptors (Lipinski definition) is 6. The molecule has 2 aliphatic heterocycles. The molecule has 3 rings (SSSR count). The van der Waals surface area contributed by atoms with Crippen molar-refractivity contribution in [3.8, 4) is 0 Å². The van der Waals surface area contributed by atoms with E-state index in [4.69, 9.17) is 11.6 Å². The number of rotatable bonds is 9. The summed E-state index contributed by atoms with van der Waals surface area (Å²) in [5, 5.41) is 5.58. The first-order valence-electron chi connectivity index (χ1n) is 10.4. The summed E-state index contributed by atoms with van der Waals surface area (Å²) < 4.78 is 0. The van der Waals surface area contributed by atoms with E-state index in [0.717, 1.165) is 50.2 Å².